The first-order valence-corrected chi connectivity index (χ1v) is 8.67. The molecular formula is C20H26N2O. The highest BCUT2D eigenvalue weighted by molar-refractivity contribution is 5.88. The molecule has 1 aliphatic carbocycles. The first-order chi connectivity index (χ1) is 11.1. The van der Waals surface area contributed by atoms with E-state index in [-0.39, 0.29) is 11.9 Å². The highest BCUT2D eigenvalue weighted by Crippen LogP contribution is 2.23. The minimum absolute atomic E-state index is 0.132. The van der Waals surface area contributed by atoms with Crippen LogP contribution in [-0.2, 0) is 4.79 Å². The van der Waals surface area contributed by atoms with Crippen molar-refractivity contribution in [3.63, 3.8) is 0 Å². The van der Waals surface area contributed by atoms with Crippen LogP contribution in [0, 0.1) is 0 Å². The van der Waals surface area contributed by atoms with Gasteiger partial charge in [-0.25, -0.2) is 0 Å². The van der Waals surface area contributed by atoms with E-state index in [2.05, 4.69) is 40.5 Å². The molecule has 1 atom stereocenters. The van der Waals surface area contributed by atoms with E-state index in [9.17, 15) is 4.79 Å². The number of hydrogen-bond acceptors (Lipinski definition) is 2. The molecule has 0 unspecified atom stereocenters. The molecule has 3 nitrogen and oxygen atoms in total. The molecule has 0 radical (unpaired) electrons. The molecule has 23 heavy (non-hydrogen) atoms. The zero-order valence-electron chi connectivity index (χ0n) is 14.1. The summed E-state index contributed by atoms with van der Waals surface area (Å²) in [4.78, 5) is 14.6. The summed E-state index contributed by atoms with van der Waals surface area (Å²) in [6, 6.07) is 14.9. The normalized spacial score (nSPS) is 17.0. The standard InChI is InChI=1S/C20H26N2O/c1-15(20(23)21-18-10-4-3-5-11-18)22(2)19-13-12-16-8-6-7-9-17(16)14-19/h6-9,12-15,18H,3-5,10-11H2,1-2H3,(H,21,23)/t15-/m0/s1. The molecule has 0 heterocycles. The Kier molecular flexibility index (Phi) is 4.85. The van der Waals surface area contributed by atoms with Gasteiger partial charge in [0.15, 0.2) is 0 Å². The maximum Gasteiger partial charge on any atom is 0.242 e. The first-order valence-electron chi connectivity index (χ1n) is 8.67. The van der Waals surface area contributed by atoms with E-state index in [1.165, 1.54) is 30.0 Å². The van der Waals surface area contributed by atoms with E-state index in [1.54, 1.807) is 0 Å². The second-order valence-corrected chi connectivity index (χ2v) is 6.66. The summed E-state index contributed by atoms with van der Waals surface area (Å²) in [7, 11) is 2.00. The molecular weight excluding hydrogens is 284 g/mol. The Bertz CT molecular complexity index is 676. The summed E-state index contributed by atoms with van der Waals surface area (Å²) in [5.74, 6) is 0.132. The van der Waals surface area contributed by atoms with Gasteiger partial charge in [0.1, 0.15) is 6.04 Å². The fourth-order valence-corrected chi connectivity index (χ4v) is 3.36. The van der Waals surface area contributed by atoms with Crippen molar-refractivity contribution < 1.29 is 4.79 Å². The van der Waals surface area contributed by atoms with Crippen molar-refractivity contribution in [1.29, 1.82) is 0 Å². The van der Waals surface area contributed by atoms with Crippen LogP contribution in [0.5, 0.6) is 0 Å². The van der Waals surface area contributed by atoms with Crippen molar-refractivity contribution in [2.75, 3.05) is 11.9 Å². The van der Waals surface area contributed by atoms with Gasteiger partial charge in [-0.15, -0.1) is 0 Å². The zero-order chi connectivity index (χ0) is 16.2. The van der Waals surface area contributed by atoms with Gasteiger partial charge in [0.2, 0.25) is 5.91 Å². The van der Waals surface area contributed by atoms with Gasteiger partial charge in [-0.1, -0.05) is 49.6 Å². The SMILES string of the molecule is C[C@@H](C(=O)NC1CCCCC1)N(C)c1ccc2ccccc2c1. The van der Waals surface area contributed by atoms with E-state index in [0.29, 0.717) is 6.04 Å². The molecule has 1 fully saturated rings. The number of amides is 1. The predicted octanol–water partition coefficient (Wildman–Crippen LogP) is 4.11. The first kappa shape index (κ1) is 15.9. The molecule has 1 N–H and O–H groups in total. The van der Waals surface area contributed by atoms with Gasteiger partial charge >= 0.3 is 0 Å². The average Bonchev–Trinajstić information content (AvgIpc) is 2.61. The second kappa shape index (κ2) is 7.03. The van der Waals surface area contributed by atoms with Crippen molar-refractivity contribution in [3.8, 4) is 0 Å². The lowest BCUT2D eigenvalue weighted by Crippen LogP contribution is -2.47. The Balaban J connectivity index is 1.69. The van der Waals surface area contributed by atoms with E-state index >= 15 is 0 Å². The fraction of sp³-hybridized carbons (Fsp3) is 0.450. The van der Waals surface area contributed by atoms with Gasteiger partial charge in [-0.05, 0) is 42.7 Å². The monoisotopic (exact) mass is 310 g/mol. The number of nitrogens with one attached hydrogen (secondary N) is 1. The molecule has 1 aliphatic rings. The molecule has 3 heteroatoms. The molecule has 122 valence electrons. The lowest BCUT2D eigenvalue weighted by molar-refractivity contribution is -0.122. The van der Waals surface area contributed by atoms with Crippen molar-refractivity contribution in [2.45, 2.75) is 51.1 Å². The lowest BCUT2D eigenvalue weighted by Gasteiger charge is -2.29. The van der Waals surface area contributed by atoms with Crippen LogP contribution in [0.15, 0.2) is 42.5 Å². The molecule has 0 aliphatic heterocycles. The van der Waals surface area contributed by atoms with Crippen molar-refractivity contribution >= 4 is 22.4 Å². The Hall–Kier alpha value is -2.03. The molecule has 0 bridgehead atoms. The van der Waals surface area contributed by atoms with Gasteiger partial charge in [0, 0.05) is 18.8 Å². The Morgan fingerprint density at radius 1 is 1.09 bits per heavy atom. The largest absolute Gasteiger partial charge is 0.363 e. The third-order valence-corrected chi connectivity index (χ3v) is 5.05. The molecule has 1 saturated carbocycles. The van der Waals surface area contributed by atoms with Gasteiger partial charge in [-0.2, -0.15) is 0 Å². The van der Waals surface area contributed by atoms with Gasteiger partial charge in [-0.3, -0.25) is 4.79 Å². The lowest BCUT2D eigenvalue weighted by atomic mass is 9.95. The molecule has 0 saturated heterocycles. The van der Waals surface area contributed by atoms with Crippen LogP contribution in [0.4, 0.5) is 5.69 Å². The van der Waals surface area contributed by atoms with E-state index in [4.69, 9.17) is 0 Å². The van der Waals surface area contributed by atoms with Crippen molar-refractivity contribution in [3.05, 3.63) is 42.5 Å². The maximum atomic E-state index is 12.5. The van der Waals surface area contributed by atoms with E-state index < -0.39 is 0 Å². The van der Waals surface area contributed by atoms with Crippen LogP contribution < -0.4 is 10.2 Å². The second-order valence-electron chi connectivity index (χ2n) is 6.66. The van der Waals surface area contributed by atoms with E-state index in [0.717, 1.165) is 18.5 Å². The number of hydrogen-bond donors (Lipinski definition) is 1. The highest BCUT2D eigenvalue weighted by Gasteiger charge is 2.22. The molecule has 2 aromatic carbocycles. The number of carbonyl (C=O) groups is 1. The average molecular weight is 310 g/mol. The highest BCUT2D eigenvalue weighted by atomic mass is 16.2. The van der Waals surface area contributed by atoms with Crippen molar-refractivity contribution in [2.24, 2.45) is 0 Å². The number of nitrogens with zero attached hydrogens (tertiary/aromatic N) is 1. The number of fused-ring (bicyclic) bond motifs is 1. The molecule has 1 amide bonds. The van der Waals surface area contributed by atoms with Crippen LogP contribution in [0.25, 0.3) is 10.8 Å². The quantitative estimate of drug-likeness (QED) is 0.921. The molecule has 3 rings (SSSR count). The summed E-state index contributed by atoms with van der Waals surface area (Å²) in [6.07, 6.45) is 6.02. The Labute approximate surface area is 138 Å². The number of rotatable bonds is 4. The van der Waals surface area contributed by atoms with Crippen LogP contribution in [0.3, 0.4) is 0 Å². The minimum atomic E-state index is -0.168. The topological polar surface area (TPSA) is 32.3 Å². The third-order valence-electron chi connectivity index (χ3n) is 5.05. The number of carbonyl (C=O) groups excluding carboxylic acids is 1. The number of anilines is 1. The van der Waals surface area contributed by atoms with Crippen LogP contribution >= 0.6 is 0 Å². The minimum Gasteiger partial charge on any atom is -0.363 e. The molecule has 0 aromatic heterocycles. The van der Waals surface area contributed by atoms with Gasteiger partial charge in [0.05, 0.1) is 0 Å². The Morgan fingerprint density at radius 3 is 2.52 bits per heavy atom. The molecule has 2 aromatic rings. The summed E-state index contributed by atoms with van der Waals surface area (Å²) >= 11 is 0. The summed E-state index contributed by atoms with van der Waals surface area (Å²) in [5, 5.41) is 5.66. The van der Waals surface area contributed by atoms with Gasteiger partial charge < -0.3 is 10.2 Å². The van der Waals surface area contributed by atoms with Gasteiger partial charge in [0.25, 0.3) is 0 Å². The zero-order valence-corrected chi connectivity index (χ0v) is 14.1. The number of benzene rings is 2. The fourth-order valence-electron chi connectivity index (χ4n) is 3.36. The maximum absolute atomic E-state index is 12.5. The smallest absolute Gasteiger partial charge is 0.242 e. The van der Waals surface area contributed by atoms with Crippen LogP contribution in [-0.4, -0.2) is 25.0 Å². The Morgan fingerprint density at radius 2 is 1.78 bits per heavy atom. The van der Waals surface area contributed by atoms with Crippen molar-refractivity contribution in [1.82, 2.24) is 5.32 Å². The predicted molar refractivity (Wildman–Crippen MR) is 96.8 cm³/mol. The third kappa shape index (κ3) is 3.66. The summed E-state index contributed by atoms with van der Waals surface area (Å²) < 4.78 is 0. The molecule has 0 spiro atoms. The van der Waals surface area contributed by atoms with Crippen LogP contribution in [0.2, 0.25) is 0 Å². The van der Waals surface area contributed by atoms with E-state index in [1.807, 2.05) is 26.1 Å². The summed E-state index contributed by atoms with van der Waals surface area (Å²) in [5.41, 5.74) is 1.08. The van der Waals surface area contributed by atoms with Crippen LogP contribution in [0.1, 0.15) is 39.0 Å². The summed E-state index contributed by atoms with van der Waals surface area (Å²) in [6.45, 7) is 1.98. The number of likely N-dealkylation sites (N-methyl/N-ethyl adjacent to an activating group) is 1.